The van der Waals surface area contributed by atoms with Gasteiger partial charge in [-0.15, -0.1) is 0 Å². The zero-order chi connectivity index (χ0) is 11.5. The molecule has 4 heteroatoms. The number of nitrogens with two attached hydrogens (primary N) is 1. The molecule has 0 bridgehead atoms. The molecule has 16 heavy (non-hydrogen) atoms. The number of hydrogen-bond acceptors (Lipinski definition) is 3. The third kappa shape index (κ3) is 2.62. The zero-order valence-corrected chi connectivity index (χ0v) is 10.2. The van der Waals surface area contributed by atoms with Gasteiger partial charge in [0.2, 0.25) is 0 Å². The molecule has 1 unspecified atom stereocenters. The smallest absolute Gasteiger partial charge is 0.0670 e. The van der Waals surface area contributed by atoms with Crippen LogP contribution in [-0.4, -0.2) is 22.9 Å². The second-order valence-electron chi connectivity index (χ2n) is 4.70. The molecule has 0 spiro atoms. The summed E-state index contributed by atoms with van der Waals surface area (Å²) in [4.78, 5) is 0. The summed E-state index contributed by atoms with van der Waals surface area (Å²) in [5.74, 6) is 0.885. The van der Waals surface area contributed by atoms with Crippen LogP contribution in [0.3, 0.4) is 0 Å². The van der Waals surface area contributed by atoms with Crippen LogP contribution in [-0.2, 0) is 13.5 Å². The van der Waals surface area contributed by atoms with Crippen LogP contribution in [0.25, 0.3) is 0 Å². The topological polar surface area (TPSA) is 55.9 Å². The quantitative estimate of drug-likeness (QED) is 0.754. The van der Waals surface area contributed by atoms with E-state index in [-0.39, 0.29) is 6.04 Å². The molecule has 0 radical (unpaired) electrons. The summed E-state index contributed by atoms with van der Waals surface area (Å²) in [6.07, 6.45) is 5.81. The van der Waals surface area contributed by atoms with Crippen molar-refractivity contribution in [2.45, 2.75) is 32.2 Å². The Balaban J connectivity index is 2.04. The Morgan fingerprint density at radius 2 is 2.38 bits per heavy atom. The summed E-state index contributed by atoms with van der Waals surface area (Å²) in [5, 5.41) is 8.02. The average Bonchev–Trinajstić information content (AvgIpc) is 3.02. The molecular weight excluding hydrogens is 200 g/mol. The summed E-state index contributed by atoms with van der Waals surface area (Å²) >= 11 is 0. The van der Waals surface area contributed by atoms with Crippen LogP contribution in [0.4, 0.5) is 0 Å². The largest absolute Gasteiger partial charge is 0.329 e. The Kier molecular flexibility index (Phi) is 3.61. The van der Waals surface area contributed by atoms with E-state index in [0.29, 0.717) is 6.54 Å². The fourth-order valence-electron chi connectivity index (χ4n) is 2.07. The molecule has 90 valence electrons. The molecule has 3 N–H and O–H groups in total. The van der Waals surface area contributed by atoms with E-state index in [4.69, 9.17) is 5.73 Å². The lowest BCUT2D eigenvalue weighted by molar-refractivity contribution is 0.519. The molecule has 1 fully saturated rings. The van der Waals surface area contributed by atoms with Crippen molar-refractivity contribution in [3.05, 3.63) is 17.5 Å². The Hall–Kier alpha value is -0.870. The van der Waals surface area contributed by atoms with Crippen molar-refractivity contribution in [3.8, 4) is 0 Å². The summed E-state index contributed by atoms with van der Waals surface area (Å²) in [6.45, 7) is 3.88. The molecular formula is C12H22N4. The van der Waals surface area contributed by atoms with E-state index in [1.807, 2.05) is 11.7 Å². The van der Waals surface area contributed by atoms with Crippen molar-refractivity contribution < 1.29 is 0 Å². The van der Waals surface area contributed by atoms with Crippen molar-refractivity contribution in [2.75, 3.05) is 13.1 Å². The maximum atomic E-state index is 5.84. The summed E-state index contributed by atoms with van der Waals surface area (Å²) < 4.78 is 1.88. The van der Waals surface area contributed by atoms with E-state index in [0.717, 1.165) is 18.9 Å². The first kappa shape index (κ1) is 11.6. The fraction of sp³-hybridized carbons (Fsp3) is 0.750. The maximum Gasteiger partial charge on any atom is 0.0670 e. The van der Waals surface area contributed by atoms with Crippen LogP contribution in [0.5, 0.6) is 0 Å². The minimum atomic E-state index is 0.268. The lowest BCUT2D eigenvalue weighted by Gasteiger charge is -2.16. The van der Waals surface area contributed by atoms with Crippen molar-refractivity contribution in [2.24, 2.45) is 18.7 Å². The van der Waals surface area contributed by atoms with Gasteiger partial charge in [-0.1, -0.05) is 6.92 Å². The lowest BCUT2D eigenvalue weighted by Crippen LogP contribution is -2.30. The predicted molar refractivity (Wildman–Crippen MR) is 65.1 cm³/mol. The van der Waals surface area contributed by atoms with Gasteiger partial charge in [-0.05, 0) is 31.7 Å². The van der Waals surface area contributed by atoms with Crippen LogP contribution >= 0.6 is 0 Å². The van der Waals surface area contributed by atoms with Crippen molar-refractivity contribution in [1.29, 1.82) is 0 Å². The van der Waals surface area contributed by atoms with Crippen molar-refractivity contribution in [3.63, 3.8) is 0 Å². The normalized spacial score (nSPS) is 17.7. The van der Waals surface area contributed by atoms with E-state index >= 15 is 0 Å². The number of hydrogen-bond donors (Lipinski definition) is 2. The minimum Gasteiger partial charge on any atom is -0.329 e. The molecule has 1 aliphatic rings. The van der Waals surface area contributed by atoms with Gasteiger partial charge >= 0.3 is 0 Å². The highest BCUT2D eigenvalue weighted by Crippen LogP contribution is 2.28. The summed E-state index contributed by atoms with van der Waals surface area (Å²) in [6, 6.07) is 0.268. The second kappa shape index (κ2) is 4.97. The monoisotopic (exact) mass is 222 g/mol. The Morgan fingerprint density at radius 3 is 2.94 bits per heavy atom. The van der Waals surface area contributed by atoms with Gasteiger partial charge in [0.05, 0.1) is 5.69 Å². The van der Waals surface area contributed by atoms with E-state index < -0.39 is 0 Å². The third-order valence-corrected chi connectivity index (χ3v) is 3.23. The molecule has 2 rings (SSSR count). The van der Waals surface area contributed by atoms with Crippen LogP contribution in [0, 0.1) is 5.92 Å². The van der Waals surface area contributed by atoms with Gasteiger partial charge in [-0.2, -0.15) is 5.10 Å². The summed E-state index contributed by atoms with van der Waals surface area (Å²) in [5.41, 5.74) is 8.28. The fourth-order valence-corrected chi connectivity index (χ4v) is 2.07. The second-order valence-corrected chi connectivity index (χ2v) is 4.70. The maximum absolute atomic E-state index is 5.84. The number of nitrogens with one attached hydrogen (secondary N) is 1. The van der Waals surface area contributed by atoms with Crippen LogP contribution < -0.4 is 11.1 Å². The van der Waals surface area contributed by atoms with Gasteiger partial charge in [0.1, 0.15) is 0 Å². The van der Waals surface area contributed by atoms with Gasteiger partial charge in [-0.3, -0.25) is 4.68 Å². The first-order valence-electron chi connectivity index (χ1n) is 6.20. The average molecular weight is 222 g/mol. The Bertz CT molecular complexity index is 341. The van der Waals surface area contributed by atoms with Gasteiger partial charge in [0, 0.05) is 31.4 Å². The summed E-state index contributed by atoms with van der Waals surface area (Å²) in [7, 11) is 1.97. The Labute approximate surface area is 97.2 Å². The standard InChI is InChI=1S/C12H22N4/c1-3-11-10(8-16(2)15-11)12(6-13)14-7-9-4-5-9/h8-9,12,14H,3-7,13H2,1-2H3. The number of nitrogens with zero attached hydrogens (tertiary/aromatic N) is 2. The zero-order valence-electron chi connectivity index (χ0n) is 10.2. The molecule has 0 aromatic carbocycles. The third-order valence-electron chi connectivity index (χ3n) is 3.23. The molecule has 0 aliphatic heterocycles. The van der Waals surface area contributed by atoms with Crippen molar-refractivity contribution >= 4 is 0 Å². The first-order chi connectivity index (χ1) is 7.74. The predicted octanol–water partition coefficient (Wildman–Crippen LogP) is 0.982. The minimum absolute atomic E-state index is 0.268. The lowest BCUT2D eigenvalue weighted by atomic mass is 10.1. The van der Waals surface area contributed by atoms with Crippen molar-refractivity contribution in [1.82, 2.24) is 15.1 Å². The molecule has 1 aromatic heterocycles. The van der Waals surface area contributed by atoms with Gasteiger partial charge < -0.3 is 11.1 Å². The molecule has 0 amide bonds. The molecule has 1 aromatic rings. The van der Waals surface area contributed by atoms with Gasteiger partial charge in [0.15, 0.2) is 0 Å². The molecule has 1 saturated carbocycles. The molecule has 1 aliphatic carbocycles. The number of rotatable bonds is 6. The highest BCUT2D eigenvalue weighted by molar-refractivity contribution is 5.22. The highest BCUT2D eigenvalue weighted by Gasteiger charge is 2.23. The highest BCUT2D eigenvalue weighted by atomic mass is 15.3. The van der Waals surface area contributed by atoms with Crippen LogP contribution in [0.15, 0.2) is 6.20 Å². The first-order valence-corrected chi connectivity index (χ1v) is 6.20. The van der Waals surface area contributed by atoms with Gasteiger partial charge in [0.25, 0.3) is 0 Å². The SMILES string of the molecule is CCc1nn(C)cc1C(CN)NCC1CC1. The number of aromatic nitrogens is 2. The van der Waals surface area contributed by atoms with Crippen LogP contribution in [0.2, 0.25) is 0 Å². The van der Waals surface area contributed by atoms with Gasteiger partial charge in [-0.25, -0.2) is 0 Å². The van der Waals surface area contributed by atoms with E-state index in [1.54, 1.807) is 0 Å². The molecule has 4 nitrogen and oxygen atoms in total. The van der Waals surface area contributed by atoms with Crippen LogP contribution in [0.1, 0.15) is 37.1 Å². The van der Waals surface area contributed by atoms with E-state index in [9.17, 15) is 0 Å². The molecule has 0 saturated heterocycles. The Morgan fingerprint density at radius 1 is 1.62 bits per heavy atom. The van der Waals surface area contributed by atoms with E-state index in [1.165, 1.54) is 24.1 Å². The number of aryl methyl sites for hydroxylation is 2. The molecule has 1 atom stereocenters. The molecule has 1 heterocycles. The van der Waals surface area contributed by atoms with E-state index in [2.05, 4.69) is 23.5 Å².